The highest BCUT2D eigenvalue weighted by molar-refractivity contribution is 5.94. The summed E-state index contributed by atoms with van der Waals surface area (Å²) in [6.07, 6.45) is -3.02. The molecule has 0 bridgehead atoms. The number of nitrogens with two attached hydrogens (primary N) is 1. The number of amides is 1. The van der Waals surface area contributed by atoms with Gasteiger partial charge < -0.3 is 10.3 Å². The van der Waals surface area contributed by atoms with Crippen molar-refractivity contribution in [2.45, 2.75) is 25.9 Å². The number of nitrogens with zero attached hydrogens (tertiary/aromatic N) is 2. The second kappa shape index (κ2) is 6.56. The Hall–Kier alpha value is -1.83. The van der Waals surface area contributed by atoms with Crippen LogP contribution in [0.15, 0.2) is 12.1 Å². The summed E-state index contributed by atoms with van der Waals surface area (Å²) in [5.41, 5.74) is 3.04. The molecule has 0 aromatic carbocycles. The first-order valence-electron chi connectivity index (χ1n) is 6.06. The van der Waals surface area contributed by atoms with Crippen LogP contribution in [0.25, 0.3) is 0 Å². The molecular weight excluding hydrogens is 273 g/mol. The van der Waals surface area contributed by atoms with E-state index in [1.165, 1.54) is 12.1 Å². The van der Waals surface area contributed by atoms with Crippen molar-refractivity contribution in [3.05, 3.63) is 23.4 Å². The van der Waals surface area contributed by atoms with Gasteiger partial charge in [-0.1, -0.05) is 13.3 Å². The molecule has 0 spiro atoms. The molecule has 1 aromatic rings. The van der Waals surface area contributed by atoms with Gasteiger partial charge in [0.2, 0.25) is 0 Å². The van der Waals surface area contributed by atoms with Gasteiger partial charge in [0, 0.05) is 18.3 Å². The molecule has 5 nitrogen and oxygen atoms in total. The number of nitrogen functional groups attached to an aromatic ring is 1. The van der Waals surface area contributed by atoms with Crippen LogP contribution in [-0.4, -0.2) is 35.6 Å². The molecule has 20 heavy (non-hydrogen) atoms. The van der Waals surface area contributed by atoms with E-state index in [1.807, 2.05) is 6.92 Å². The number of nitrogens with one attached hydrogen (secondary N) is 1. The minimum atomic E-state index is -4.43. The molecule has 0 saturated carbocycles. The van der Waals surface area contributed by atoms with Gasteiger partial charge in [-0.2, -0.15) is 13.2 Å². The first kappa shape index (κ1) is 16.2. The summed E-state index contributed by atoms with van der Waals surface area (Å²) in [7, 11) is 1.10. The Kier molecular flexibility index (Phi) is 5.32. The number of aromatic nitrogens is 1. The fraction of sp³-hybridized carbons (Fsp3) is 0.500. The van der Waals surface area contributed by atoms with Crippen molar-refractivity contribution in [1.82, 2.24) is 9.88 Å². The fourth-order valence-electron chi connectivity index (χ4n) is 1.73. The van der Waals surface area contributed by atoms with Crippen molar-refractivity contribution in [3.8, 4) is 0 Å². The Morgan fingerprint density at radius 1 is 1.45 bits per heavy atom. The topological polar surface area (TPSA) is 71.2 Å². The number of rotatable bonds is 5. The maximum Gasteiger partial charge on any atom is 0.406 e. The van der Waals surface area contributed by atoms with Crippen molar-refractivity contribution in [2.24, 2.45) is 5.84 Å². The lowest BCUT2D eigenvalue weighted by molar-refractivity contribution is -0.138. The van der Waals surface area contributed by atoms with Gasteiger partial charge in [-0.25, -0.2) is 10.8 Å². The van der Waals surface area contributed by atoms with Crippen LogP contribution >= 0.6 is 0 Å². The smallest absolute Gasteiger partial charge is 0.333 e. The standard InChI is InChI=1S/C12H17F3N4O/c1-3-4-9-5-8(6-10(17-9)18-16)11(20)19(2)7-12(13,14)15/h5-6H,3-4,7,16H2,1-2H3,(H,17,18). The average molecular weight is 290 g/mol. The maximum atomic E-state index is 12.3. The fourth-order valence-corrected chi connectivity index (χ4v) is 1.73. The van der Waals surface area contributed by atoms with Crippen LogP contribution in [0.2, 0.25) is 0 Å². The summed E-state index contributed by atoms with van der Waals surface area (Å²) in [6.45, 7) is 0.629. The minimum absolute atomic E-state index is 0.128. The molecule has 112 valence electrons. The Morgan fingerprint density at radius 3 is 2.60 bits per heavy atom. The number of hydrogen-bond acceptors (Lipinski definition) is 4. The van der Waals surface area contributed by atoms with Gasteiger partial charge >= 0.3 is 6.18 Å². The number of aryl methyl sites for hydroxylation is 1. The molecule has 0 aliphatic rings. The molecule has 3 N–H and O–H groups in total. The van der Waals surface area contributed by atoms with Gasteiger partial charge in [0.05, 0.1) is 0 Å². The van der Waals surface area contributed by atoms with E-state index < -0.39 is 18.6 Å². The lowest BCUT2D eigenvalue weighted by Crippen LogP contribution is -2.36. The van der Waals surface area contributed by atoms with E-state index in [9.17, 15) is 18.0 Å². The molecule has 8 heteroatoms. The zero-order chi connectivity index (χ0) is 15.3. The largest absolute Gasteiger partial charge is 0.406 e. The summed E-state index contributed by atoms with van der Waals surface area (Å²) in [6, 6.07) is 2.81. The minimum Gasteiger partial charge on any atom is -0.333 e. The number of hydrogen-bond donors (Lipinski definition) is 2. The number of alkyl halides is 3. The van der Waals surface area contributed by atoms with E-state index in [-0.39, 0.29) is 11.4 Å². The van der Waals surface area contributed by atoms with Crippen LogP contribution in [0.3, 0.4) is 0 Å². The van der Waals surface area contributed by atoms with Gasteiger partial charge in [0.25, 0.3) is 5.91 Å². The number of hydrazine groups is 1. The second-order valence-corrected chi connectivity index (χ2v) is 4.40. The first-order chi connectivity index (χ1) is 9.26. The Bertz CT molecular complexity index is 476. The molecule has 1 heterocycles. The van der Waals surface area contributed by atoms with E-state index in [4.69, 9.17) is 5.84 Å². The van der Waals surface area contributed by atoms with Gasteiger partial charge in [-0.15, -0.1) is 0 Å². The van der Waals surface area contributed by atoms with Crippen molar-refractivity contribution in [3.63, 3.8) is 0 Å². The molecule has 0 fully saturated rings. The van der Waals surface area contributed by atoms with Crippen LogP contribution in [0.5, 0.6) is 0 Å². The van der Waals surface area contributed by atoms with Crippen molar-refractivity contribution in [1.29, 1.82) is 0 Å². The summed E-state index contributed by atoms with van der Waals surface area (Å²) < 4.78 is 36.9. The lowest BCUT2D eigenvalue weighted by Gasteiger charge is -2.19. The van der Waals surface area contributed by atoms with Crippen molar-refractivity contribution >= 4 is 11.7 Å². The van der Waals surface area contributed by atoms with E-state index >= 15 is 0 Å². The molecule has 0 aliphatic carbocycles. The number of pyridine rings is 1. The Morgan fingerprint density at radius 2 is 2.10 bits per heavy atom. The molecule has 0 radical (unpaired) electrons. The maximum absolute atomic E-state index is 12.3. The highest BCUT2D eigenvalue weighted by Crippen LogP contribution is 2.18. The summed E-state index contributed by atoms with van der Waals surface area (Å²) >= 11 is 0. The predicted octanol–water partition coefficient (Wildman–Crippen LogP) is 1.95. The van der Waals surface area contributed by atoms with Crippen LogP contribution < -0.4 is 11.3 Å². The highest BCUT2D eigenvalue weighted by atomic mass is 19.4. The number of carbonyl (C=O) groups is 1. The van der Waals surface area contributed by atoms with Crippen LogP contribution in [0, 0.1) is 0 Å². The van der Waals surface area contributed by atoms with Gasteiger partial charge in [-0.3, -0.25) is 4.79 Å². The highest BCUT2D eigenvalue weighted by Gasteiger charge is 2.31. The van der Waals surface area contributed by atoms with E-state index in [2.05, 4.69) is 10.4 Å². The number of carbonyl (C=O) groups excluding carboxylic acids is 1. The zero-order valence-electron chi connectivity index (χ0n) is 11.3. The summed E-state index contributed by atoms with van der Waals surface area (Å²) in [5, 5.41) is 0. The predicted molar refractivity (Wildman–Crippen MR) is 69.1 cm³/mol. The monoisotopic (exact) mass is 290 g/mol. The summed E-state index contributed by atoms with van der Waals surface area (Å²) in [4.78, 5) is 16.7. The SMILES string of the molecule is CCCc1cc(C(=O)N(C)CC(F)(F)F)cc(NN)n1. The summed E-state index contributed by atoms with van der Waals surface area (Å²) in [5.74, 6) is 4.77. The van der Waals surface area contributed by atoms with E-state index in [0.717, 1.165) is 13.5 Å². The van der Waals surface area contributed by atoms with Gasteiger partial charge in [0.1, 0.15) is 12.4 Å². The van der Waals surface area contributed by atoms with Gasteiger partial charge in [-0.05, 0) is 18.6 Å². The zero-order valence-corrected chi connectivity index (χ0v) is 11.3. The average Bonchev–Trinajstić information content (AvgIpc) is 2.35. The molecule has 1 amide bonds. The van der Waals surface area contributed by atoms with Crippen molar-refractivity contribution < 1.29 is 18.0 Å². The second-order valence-electron chi connectivity index (χ2n) is 4.40. The third-order valence-electron chi connectivity index (χ3n) is 2.54. The van der Waals surface area contributed by atoms with Crippen LogP contribution in [0.1, 0.15) is 29.4 Å². The van der Waals surface area contributed by atoms with E-state index in [1.54, 1.807) is 0 Å². The van der Waals surface area contributed by atoms with Crippen LogP contribution in [0.4, 0.5) is 19.0 Å². The normalized spacial score (nSPS) is 11.3. The molecule has 0 saturated heterocycles. The molecule has 1 aromatic heterocycles. The van der Waals surface area contributed by atoms with Crippen molar-refractivity contribution in [2.75, 3.05) is 19.0 Å². The number of anilines is 1. The molecule has 0 aliphatic heterocycles. The van der Waals surface area contributed by atoms with E-state index in [0.29, 0.717) is 17.0 Å². The molecule has 1 rings (SSSR count). The molecule has 0 atom stereocenters. The lowest BCUT2D eigenvalue weighted by atomic mass is 10.1. The Labute approximate surface area is 114 Å². The molecule has 0 unspecified atom stereocenters. The van der Waals surface area contributed by atoms with Crippen LogP contribution in [-0.2, 0) is 6.42 Å². The third kappa shape index (κ3) is 4.69. The van der Waals surface area contributed by atoms with Gasteiger partial charge in [0.15, 0.2) is 0 Å². The quantitative estimate of drug-likeness (QED) is 0.642. The number of halogens is 3. The first-order valence-corrected chi connectivity index (χ1v) is 6.06. The molecular formula is C12H17F3N4O. The third-order valence-corrected chi connectivity index (χ3v) is 2.54. The Balaban J connectivity index is 2.99.